The first-order chi connectivity index (χ1) is 8.56. The topological polar surface area (TPSA) is 12.0 Å². The number of halogens is 1. The Hall–Kier alpha value is -0.890. The van der Waals surface area contributed by atoms with Crippen molar-refractivity contribution in [3.05, 3.63) is 35.6 Å². The molecule has 4 atom stereocenters. The Morgan fingerprint density at radius 1 is 1.33 bits per heavy atom. The van der Waals surface area contributed by atoms with Crippen molar-refractivity contribution in [2.24, 2.45) is 11.8 Å². The molecular weight excluding hydrogens is 225 g/mol. The van der Waals surface area contributed by atoms with E-state index in [9.17, 15) is 4.39 Å². The Morgan fingerprint density at radius 3 is 2.72 bits per heavy atom. The molecule has 1 aliphatic carbocycles. The van der Waals surface area contributed by atoms with Crippen LogP contribution in [0.4, 0.5) is 4.39 Å². The van der Waals surface area contributed by atoms with Crippen LogP contribution in [-0.4, -0.2) is 12.1 Å². The molecule has 0 heterocycles. The standard InChI is InChI=1S/C16H24FN/c1-11-7-8-16(13(11)3)18-12(2)9-14-5-4-6-15(17)10-14/h4-6,10-13,16,18H,7-9H2,1-3H3. The lowest BCUT2D eigenvalue weighted by molar-refractivity contribution is 0.343. The number of hydrogen-bond donors (Lipinski definition) is 1. The Kier molecular flexibility index (Phi) is 4.39. The first-order valence-corrected chi connectivity index (χ1v) is 7.06. The second kappa shape index (κ2) is 5.83. The molecule has 0 saturated heterocycles. The molecule has 18 heavy (non-hydrogen) atoms. The van der Waals surface area contributed by atoms with Crippen LogP contribution in [0.3, 0.4) is 0 Å². The van der Waals surface area contributed by atoms with E-state index in [0.717, 1.165) is 23.8 Å². The highest BCUT2D eigenvalue weighted by Crippen LogP contribution is 2.31. The highest BCUT2D eigenvalue weighted by Gasteiger charge is 2.30. The van der Waals surface area contributed by atoms with Gasteiger partial charge in [0.05, 0.1) is 0 Å². The van der Waals surface area contributed by atoms with Gasteiger partial charge in [0.25, 0.3) is 0 Å². The van der Waals surface area contributed by atoms with Crippen molar-refractivity contribution in [3.8, 4) is 0 Å². The van der Waals surface area contributed by atoms with Crippen molar-refractivity contribution in [1.29, 1.82) is 0 Å². The van der Waals surface area contributed by atoms with Gasteiger partial charge >= 0.3 is 0 Å². The molecule has 0 radical (unpaired) electrons. The zero-order valence-corrected chi connectivity index (χ0v) is 11.6. The highest BCUT2D eigenvalue weighted by atomic mass is 19.1. The van der Waals surface area contributed by atoms with Gasteiger partial charge in [-0.05, 0) is 55.7 Å². The molecule has 2 rings (SSSR count). The Morgan fingerprint density at radius 2 is 2.11 bits per heavy atom. The molecule has 1 N–H and O–H groups in total. The summed E-state index contributed by atoms with van der Waals surface area (Å²) < 4.78 is 13.1. The molecular formula is C16H24FN. The maximum Gasteiger partial charge on any atom is 0.123 e. The van der Waals surface area contributed by atoms with E-state index < -0.39 is 0 Å². The van der Waals surface area contributed by atoms with Gasteiger partial charge in [0.15, 0.2) is 0 Å². The molecule has 2 heteroatoms. The number of hydrogen-bond acceptors (Lipinski definition) is 1. The van der Waals surface area contributed by atoms with E-state index in [1.807, 2.05) is 6.07 Å². The van der Waals surface area contributed by atoms with Gasteiger partial charge < -0.3 is 5.32 Å². The van der Waals surface area contributed by atoms with Gasteiger partial charge in [-0.25, -0.2) is 4.39 Å². The zero-order chi connectivity index (χ0) is 13.1. The monoisotopic (exact) mass is 249 g/mol. The van der Waals surface area contributed by atoms with Crippen molar-refractivity contribution < 1.29 is 4.39 Å². The maximum atomic E-state index is 13.1. The molecule has 1 aromatic carbocycles. The van der Waals surface area contributed by atoms with Gasteiger partial charge in [-0.3, -0.25) is 0 Å². The number of rotatable bonds is 4. The average Bonchev–Trinajstić information content (AvgIpc) is 2.61. The summed E-state index contributed by atoms with van der Waals surface area (Å²) in [6, 6.07) is 7.97. The van der Waals surface area contributed by atoms with E-state index >= 15 is 0 Å². The van der Waals surface area contributed by atoms with Crippen LogP contribution >= 0.6 is 0 Å². The first kappa shape index (κ1) is 13.5. The summed E-state index contributed by atoms with van der Waals surface area (Å²) >= 11 is 0. The summed E-state index contributed by atoms with van der Waals surface area (Å²) in [5, 5.41) is 3.70. The summed E-state index contributed by atoms with van der Waals surface area (Å²) in [6.07, 6.45) is 3.50. The molecule has 0 aliphatic heterocycles. The number of nitrogens with one attached hydrogen (secondary N) is 1. The van der Waals surface area contributed by atoms with Crippen LogP contribution in [0.5, 0.6) is 0 Å². The van der Waals surface area contributed by atoms with Crippen LogP contribution in [0, 0.1) is 17.7 Å². The molecule has 1 nitrogen and oxygen atoms in total. The molecule has 0 spiro atoms. The summed E-state index contributed by atoms with van der Waals surface area (Å²) in [4.78, 5) is 0. The smallest absolute Gasteiger partial charge is 0.123 e. The molecule has 1 aliphatic rings. The molecule has 1 aromatic rings. The van der Waals surface area contributed by atoms with E-state index in [2.05, 4.69) is 26.1 Å². The normalized spacial score (nSPS) is 29.4. The van der Waals surface area contributed by atoms with Gasteiger partial charge in [0.2, 0.25) is 0 Å². The van der Waals surface area contributed by atoms with Crippen molar-refractivity contribution in [2.75, 3.05) is 0 Å². The fourth-order valence-corrected chi connectivity index (χ4v) is 3.04. The average molecular weight is 249 g/mol. The van der Waals surface area contributed by atoms with Crippen LogP contribution in [0.15, 0.2) is 24.3 Å². The van der Waals surface area contributed by atoms with E-state index in [1.54, 1.807) is 12.1 Å². The quantitative estimate of drug-likeness (QED) is 0.856. The molecule has 4 unspecified atom stereocenters. The summed E-state index contributed by atoms with van der Waals surface area (Å²) in [5.41, 5.74) is 1.08. The van der Waals surface area contributed by atoms with Crippen LogP contribution in [0.1, 0.15) is 39.2 Å². The van der Waals surface area contributed by atoms with Crippen LogP contribution in [0.25, 0.3) is 0 Å². The van der Waals surface area contributed by atoms with Crippen LogP contribution < -0.4 is 5.32 Å². The summed E-state index contributed by atoms with van der Waals surface area (Å²) in [6.45, 7) is 6.87. The second-order valence-electron chi connectivity index (χ2n) is 5.92. The van der Waals surface area contributed by atoms with Crippen molar-refractivity contribution in [3.63, 3.8) is 0 Å². The van der Waals surface area contributed by atoms with Gasteiger partial charge in [0, 0.05) is 12.1 Å². The predicted molar refractivity (Wildman–Crippen MR) is 74.1 cm³/mol. The largest absolute Gasteiger partial charge is 0.311 e. The lowest BCUT2D eigenvalue weighted by atomic mass is 9.96. The minimum Gasteiger partial charge on any atom is -0.311 e. The third-order valence-corrected chi connectivity index (χ3v) is 4.39. The van der Waals surface area contributed by atoms with Crippen LogP contribution in [0.2, 0.25) is 0 Å². The van der Waals surface area contributed by atoms with Gasteiger partial charge in [0.1, 0.15) is 5.82 Å². The first-order valence-electron chi connectivity index (χ1n) is 7.06. The third kappa shape index (κ3) is 3.32. The predicted octanol–water partition coefficient (Wildman–Crippen LogP) is 3.78. The van der Waals surface area contributed by atoms with E-state index in [4.69, 9.17) is 0 Å². The van der Waals surface area contributed by atoms with Gasteiger partial charge in [-0.15, -0.1) is 0 Å². The molecule has 100 valence electrons. The molecule has 1 saturated carbocycles. The summed E-state index contributed by atoms with van der Waals surface area (Å²) in [5.74, 6) is 1.44. The fraction of sp³-hybridized carbons (Fsp3) is 0.625. The zero-order valence-electron chi connectivity index (χ0n) is 11.6. The van der Waals surface area contributed by atoms with Gasteiger partial charge in [-0.2, -0.15) is 0 Å². The van der Waals surface area contributed by atoms with Crippen molar-refractivity contribution >= 4 is 0 Å². The SMILES string of the molecule is CC(Cc1cccc(F)c1)NC1CCC(C)C1C. The lowest BCUT2D eigenvalue weighted by Gasteiger charge is -2.24. The summed E-state index contributed by atoms with van der Waals surface area (Å²) in [7, 11) is 0. The highest BCUT2D eigenvalue weighted by molar-refractivity contribution is 5.17. The Balaban J connectivity index is 1.87. The van der Waals surface area contributed by atoms with E-state index in [-0.39, 0.29) is 5.82 Å². The Labute approximate surface area is 110 Å². The molecule has 1 fully saturated rings. The maximum absolute atomic E-state index is 13.1. The van der Waals surface area contributed by atoms with Crippen LogP contribution in [-0.2, 0) is 6.42 Å². The molecule has 0 aromatic heterocycles. The molecule has 0 amide bonds. The van der Waals surface area contributed by atoms with E-state index in [0.29, 0.717) is 12.1 Å². The molecule has 0 bridgehead atoms. The van der Waals surface area contributed by atoms with Crippen molar-refractivity contribution in [1.82, 2.24) is 5.32 Å². The lowest BCUT2D eigenvalue weighted by Crippen LogP contribution is -2.39. The second-order valence-corrected chi connectivity index (χ2v) is 5.92. The third-order valence-electron chi connectivity index (χ3n) is 4.39. The van der Waals surface area contributed by atoms with Gasteiger partial charge in [-0.1, -0.05) is 26.0 Å². The van der Waals surface area contributed by atoms with Crippen molar-refractivity contribution in [2.45, 2.75) is 52.1 Å². The fourth-order valence-electron chi connectivity index (χ4n) is 3.04. The minimum atomic E-state index is -0.137. The number of benzene rings is 1. The van der Waals surface area contributed by atoms with E-state index in [1.165, 1.54) is 18.9 Å². The Bertz CT molecular complexity index is 390. The minimum absolute atomic E-state index is 0.137.